The fourth-order valence-corrected chi connectivity index (χ4v) is 2.74. The fourth-order valence-electron chi connectivity index (χ4n) is 2.74. The number of carbonyl (C=O) groups is 3. The highest BCUT2D eigenvalue weighted by Gasteiger charge is 2.20. The van der Waals surface area contributed by atoms with Crippen molar-refractivity contribution in [1.82, 2.24) is 5.32 Å². The summed E-state index contributed by atoms with van der Waals surface area (Å²) in [6.07, 6.45) is 0.659. The van der Waals surface area contributed by atoms with Crippen LogP contribution in [0, 0.1) is 5.82 Å². The lowest BCUT2D eigenvalue weighted by Crippen LogP contribution is -2.35. The van der Waals surface area contributed by atoms with Crippen molar-refractivity contribution in [1.29, 1.82) is 0 Å². The molecular weight excluding hydrogens is 363 g/mol. The molecule has 0 fully saturated rings. The first-order chi connectivity index (χ1) is 13.4. The smallest absolute Gasteiger partial charge is 0.339 e. The third-order valence-corrected chi connectivity index (χ3v) is 4.19. The highest BCUT2D eigenvalue weighted by Crippen LogP contribution is 2.21. The van der Waals surface area contributed by atoms with Crippen molar-refractivity contribution in [2.45, 2.75) is 19.8 Å². The Morgan fingerprint density at radius 2 is 1.75 bits per heavy atom. The summed E-state index contributed by atoms with van der Waals surface area (Å²) >= 11 is 0. The highest BCUT2D eigenvalue weighted by atomic mass is 19.1. The van der Waals surface area contributed by atoms with Crippen LogP contribution in [0.3, 0.4) is 0 Å². The van der Waals surface area contributed by atoms with Crippen LogP contribution in [0.15, 0.2) is 48.5 Å². The Labute approximate surface area is 163 Å². The van der Waals surface area contributed by atoms with Gasteiger partial charge in [0.05, 0.1) is 18.4 Å². The Kier molecular flexibility index (Phi) is 7.68. The second kappa shape index (κ2) is 10.2. The second-order valence-electron chi connectivity index (χ2n) is 6.16. The molecule has 0 bridgehead atoms. The number of amides is 2. The molecule has 0 aromatic heterocycles. The molecule has 2 aromatic carbocycles. The number of methoxy groups -OCH3 is 1. The van der Waals surface area contributed by atoms with E-state index in [1.165, 1.54) is 31.1 Å². The van der Waals surface area contributed by atoms with Gasteiger partial charge in [0.25, 0.3) is 0 Å². The van der Waals surface area contributed by atoms with Crippen LogP contribution in [-0.2, 0) is 20.7 Å². The van der Waals surface area contributed by atoms with Crippen molar-refractivity contribution in [3.63, 3.8) is 0 Å². The maximum Gasteiger partial charge on any atom is 0.339 e. The molecule has 0 saturated heterocycles. The van der Waals surface area contributed by atoms with Gasteiger partial charge in [-0.05, 0) is 36.2 Å². The molecule has 6 nitrogen and oxygen atoms in total. The zero-order valence-electron chi connectivity index (χ0n) is 15.9. The van der Waals surface area contributed by atoms with E-state index in [0.717, 1.165) is 5.56 Å². The van der Waals surface area contributed by atoms with Gasteiger partial charge >= 0.3 is 5.97 Å². The highest BCUT2D eigenvalue weighted by molar-refractivity contribution is 6.02. The molecule has 2 rings (SSSR count). The molecule has 1 N–H and O–H groups in total. The third-order valence-electron chi connectivity index (χ3n) is 4.19. The largest absolute Gasteiger partial charge is 0.465 e. The zero-order valence-corrected chi connectivity index (χ0v) is 15.9. The SMILES string of the molecule is COC(=O)c1ccccc1N(CCC(=O)NCCc1ccc(F)cc1)C(C)=O. The maximum absolute atomic E-state index is 12.9. The van der Waals surface area contributed by atoms with Crippen LogP contribution in [0.25, 0.3) is 0 Å². The van der Waals surface area contributed by atoms with E-state index in [2.05, 4.69) is 5.32 Å². The molecule has 2 aromatic rings. The molecule has 0 aliphatic carbocycles. The number of anilines is 1. The Balaban J connectivity index is 1.93. The Bertz CT molecular complexity index is 837. The van der Waals surface area contributed by atoms with Gasteiger partial charge in [-0.15, -0.1) is 0 Å². The first kappa shape index (κ1) is 21.1. The Morgan fingerprint density at radius 3 is 2.39 bits per heavy atom. The molecule has 7 heteroatoms. The third kappa shape index (κ3) is 5.90. The summed E-state index contributed by atoms with van der Waals surface area (Å²) in [6, 6.07) is 12.7. The van der Waals surface area contributed by atoms with Gasteiger partial charge < -0.3 is 15.0 Å². The molecule has 0 spiro atoms. The van der Waals surface area contributed by atoms with E-state index in [9.17, 15) is 18.8 Å². The van der Waals surface area contributed by atoms with E-state index < -0.39 is 5.97 Å². The maximum atomic E-state index is 12.9. The average molecular weight is 386 g/mol. The minimum absolute atomic E-state index is 0.0818. The zero-order chi connectivity index (χ0) is 20.5. The quantitative estimate of drug-likeness (QED) is 0.708. The van der Waals surface area contributed by atoms with E-state index in [-0.39, 0.29) is 36.2 Å². The summed E-state index contributed by atoms with van der Waals surface area (Å²) < 4.78 is 17.6. The summed E-state index contributed by atoms with van der Waals surface area (Å²) in [4.78, 5) is 37.5. The van der Waals surface area contributed by atoms with Gasteiger partial charge in [-0.1, -0.05) is 24.3 Å². The number of halogens is 1. The number of esters is 1. The first-order valence-corrected chi connectivity index (χ1v) is 8.89. The summed E-state index contributed by atoms with van der Waals surface area (Å²) in [5.74, 6) is -1.35. The van der Waals surface area contributed by atoms with Crippen molar-refractivity contribution in [3.05, 3.63) is 65.5 Å². The van der Waals surface area contributed by atoms with Gasteiger partial charge in [0.1, 0.15) is 5.82 Å². The van der Waals surface area contributed by atoms with Crippen LogP contribution in [0.5, 0.6) is 0 Å². The van der Waals surface area contributed by atoms with Crippen LogP contribution in [0.2, 0.25) is 0 Å². The number of nitrogens with zero attached hydrogens (tertiary/aromatic N) is 1. The van der Waals surface area contributed by atoms with Gasteiger partial charge in [0.15, 0.2) is 0 Å². The number of ether oxygens (including phenoxy) is 1. The monoisotopic (exact) mass is 386 g/mol. The molecule has 148 valence electrons. The lowest BCUT2D eigenvalue weighted by molar-refractivity contribution is -0.121. The van der Waals surface area contributed by atoms with E-state index in [4.69, 9.17) is 4.74 Å². The Morgan fingerprint density at radius 1 is 1.07 bits per heavy atom. The van der Waals surface area contributed by atoms with E-state index in [1.54, 1.807) is 36.4 Å². The topological polar surface area (TPSA) is 75.7 Å². The van der Waals surface area contributed by atoms with E-state index in [1.807, 2.05) is 0 Å². The van der Waals surface area contributed by atoms with Crippen molar-refractivity contribution in [2.75, 3.05) is 25.1 Å². The molecule has 0 aliphatic heterocycles. The lowest BCUT2D eigenvalue weighted by atomic mass is 10.1. The normalized spacial score (nSPS) is 10.2. The molecule has 28 heavy (non-hydrogen) atoms. The number of nitrogens with one attached hydrogen (secondary N) is 1. The van der Waals surface area contributed by atoms with Crippen molar-refractivity contribution < 1.29 is 23.5 Å². The van der Waals surface area contributed by atoms with Gasteiger partial charge in [0.2, 0.25) is 11.8 Å². The van der Waals surface area contributed by atoms with Crippen LogP contribution < -0.4 is 10.2 Å². The summed E-state index contributed by atoms with van der Waals surface area (Å²) in [5, 5.41) is 2.78. The van der Waals surface area contributed by atoms with Crippen molar-refractivity contribution in [2.24, 2.45) is 0 Å². The number of hydrogen-bond acceptors (Lipinski definition) is 4. The molecule has 0 heterocycles. The first-order valence-electron chi connectivity index (χ1n) is 8.89. The van der Waals surface area contributed by atoms with Gasteiger partial charge in [0, 0.05) is 26.4 Å². The van der Waals surface area contributed by atoms with Crippen molar-refractivity contribution in [3.8, 4) is 0 Å². The predicted molar refractivity (Wildman–Crippen MR) is 104 cm³/mol. The fraction of sp³-hybridized carbons (Fsp3) is 0.286. The number of rotatable bonds is 8. The molecular formula is C21H23FN2O4. The molecule has 0 unspecified atom stereocenters. The molecule has 0 radical (unpaired) electrons. The van der Waals surface area contributed by atoms with E-state index >= 15 is 0 Å². The number of hydrogen-bond donors (Lipinski definition) is 1. The minimum Gasteiger partial charge on any atom is -0.465 e. The lowest BCUT2D eigenvalue weighted by Gasteiger charge is -2.23. The number of para-hydroxylation sites is 1. The molecule has 0 aliphatic rings. The van der Waals surface area contributed by atoms with Gasteiger partial charge in [-0.3, -0.25) is 9.59 Å². The average Bonchev–Trinajstić information content (AvgIpc) is 2.69. The molecule has 0 atom stereocenters. The minimum atomic E-state index is -0.550. The van der Waals surface area contributed by atoms with Gasteiger partial charge in [-0.25, -0.2) is 9.18 Å². The summed E-state index contributed by atoms with van der Waals surface area (Å²) in [7, 11) is 1.27. The van der Waals surface area contributed by atoms with Crippen LogP contribution in [0.1, 0.15) is 29.3 Å². The summed E-state index contributed by atoms with van der Waals surface area (Å²) in [5.41, 5.74) is 1.58. The van der Waals surface area contributed by atoms with Crippen LogP contribution in [0.4, 0.5) is 10.1 Å². The number of carbonyl (C=O) groups excluding carboxylic acids is 3. The standard InChI is InChI=1S/C21H23FN2O4/c1-15(25)24(19-6-4-3-5-18(19)21(27)28-2)14-12-20(26)23-13-11-16-7-9-17(22)10-8-16/h3-10H,11-14H2,1-2H3,(H,23,26). The number of benzene rings is 2. The Hall–Kier alpha value is -3.22. The van der Waals surface area contributed by atoms with Crippen LogP contribution in [-0.4, -0.2) is 38.0 Å². The second-order valence-corrected chi connectivity index (χ2v) is 6.16. The molecule has 0 saturated carbocycles. The molecule has 2 amide bonds. The van der Waals surface area contributed by atoms with E-state index in [0.29, 0.717) is 18.7 Å². The van der Waals surface area contributed by atoms with Crippen LogP contribution >= 0.6 is 0 Å². The van der Waals surface area contributed by atoms with Crippen molar-refractivity contribution >= 4 is 23.5 Å². The predicted octanol–water partition coefficient (Wildman–Crippen LogP) is 2.71. The van der Waals surface area contributed by atoms with Gasteiger partial charge in [-0.2, -0.15) is 0 Å². The summed E-state index contributed by atoms with van der Waals surface area (Å²) in [6.45, 7) is 1.91.